The molecule has 0 amide bonds. The van der Waals surface area contributed by atoms with Crippen molar-refractivity contribution in [3.05, 3.63) is 181 Å². The molecule has 0 fully saturated rings. The second-order valence-electron chi connectivity index (χ2n) is 17.3. The van der Waals surface area contributed by atoms with Crippen molar-refractivity contribution < 1.29 is 18.3 Å². The van der Waals surface area contributed by atoms with Crippen LogP contribution < -0.4 is 19.3 Å². The third kappa shape index (κ3) is 6.74. The lowest BCUT2D eigenvalue weighted by molar-refractivity contribution is 0.415. The van der Waals surface area contributed by atoms with Crippen molar-refractivity contribution in [2.24, 2.45) is 0 Å². The third-order valence-corrected chi connectivity index (χ3v) is 12.7. The van der Waals surface area contributed by atoms with E-state index in [1.807, 2.05) is 24.3 Å². The van der Waals surface area contributed by atoms with Gasteiger partial charge in [0.05, 0.1) is 14.2 Å². The molecule has 0 spiro atoms. The van der Waals surface area contributed by atoms with Gasteiger partial charge < -0.3 is 28.1 Å². The molecule has 2 aromatic heterocycles. The van der Waals surface area contributed by atoms with Crippen molar-refractivity contribution in [3.63, 3.8) is 0 Å². The van der Waals surface area contributed by atoms with E-state index in [0.717, 1.165) is 111 Å². The molecule has 11 rings (SSSR count). The standard InChI is InChI=1S/C58H48N2O4/c1-35(2)37-13-19-43(20-14-37)59(45-9-7-11-49(33-45)61-5)47-23-17-39-29-53-51-25-26-52-54-30-40-18-24-48(28-42(40)32-56(54)64-58(52)57(51)63-55(53)31-41(39)27-47)60(46-10-8-12-50(34-46)62-6)44-21-15-38(16-22-44)36(3)4/h7-36H,1-6H3. The van der Waals surface area contributed by atoms with Crippen molar-refractivity contribution in [1.82, 2.24) is 0 Å². The molecule has 9 aromatic carbocycles. The summed E-state index contributed by atoms with van der Waals surface area (Å²) in [7, 11) is 3.41. The second kappa shape index (κ2) is 15.6. The summed E-state index contributed by atoms with van der Waals surface area (Å²) in [6.45, 7) is 8.89. The Labute approximate surface area is 372 Å². The van der Waals surface area contributed by atoms with E-state index in [1.54, 1.807) is 14.2 Å². The van der Waals surface area contributed by atoms with Gasteiger partial charge in [0, 0.05) is 67.8 Å². The Bertz CT molecular complexity index is 3310. The molecule has 2 heterocycles. The largest absolute Gasteiger partial charge is 0.497 e. The van der Waals surface area contributed by atoms with E-state index >= 15 is 0 Å². The molecule has 64 heavy (non-hydrogen) atoms. The summed E-state index contributed by atoms with van der Waals surface area (Å²) in [6.07, 6.45) is 0. The summed E-state index contributed by atoms with van der Waals surface area (Å²) < 4.78 is 24.9. The van der Waals surface area contributed by atoms with Crippen molar-refractivity contribution >= 4 is 99.5 Å². The van der Waals surface area contributed by atoms with Crippen LogP contribution in [-0.4, -0.2) is 14.2 Å². The normalized spacial score (nSPS) is 11.9. The molecule has 0 saturated carbocycles. The number of hydrogen-bond acceptors (Lipinski definition) is 6. The molecule has 0 aliphatic carbocycles. The molecular weight excluding hydrogens is 789 g/mol. The van der Waals surface area contributed by atoms with Crippen LogP contribution in [-0.2, 0) is 0 Å². The number of ether oxygens (including phenoxy) is 2. The van der Waals surface area contributed by atoms with E-state index in [4.69, 9.17) is 18.3 Å². The summed E-state index contributed by atoms with van der Waals surface area (Å²) in [6, 6.07) is 60.5. The van der Waals surface area contributed by atoms with Crippen LogP contribution in [0.3, 0.4) is 0 Å². The Morgan fingerprint density at radius 1 is 0.359 bits per heavy atom. The van der Waals surface area contributed by atoms with E-state index in [1.165, 1.54) is 11.1 Å². The number of furan rings is 2. The molecule has 11 aromatic rings. The average molecular weight is 837 g/mol. The minimum Gasteiger partial charge on any atom is -0.497 e. The molecule has 0 unspecified atom stereocenters. The molecule has 0 saturated heterocycles. The topological polar surface area (TPSA) is 51.2 Å². The highest BCUT2D eigenvalue weighted by Crippen LogP contribution is 2.44. The highest BCUT2D eigenvalue weighted by atomic mass is 16.5. The Morgan fingerprint density at radius 3 is 1.14 bits per heavy atom. The zero-order valence-electron chi connectivity index (χ0n) is 36.8. The van der Waals surface area contributed by atoms with Crippen molar-refractivity contribution in [2.75, 3.05) is 24.0 Å². The van der Waals surface area contributed by atoms with E-state index in [-0.39, 0.29) is 0 Å². The molecule has 0 bridgehead atoms. The van der Waals surface area contributed by atoms with E-state index < -0.39 is 0 Å². The molecule has 0 radical (unpaired) electrons. The van der Waals surface area contributed by atoms with E-state index in [0.29, 0.717) is 11.8 Å². The minimum absolute atomic E-state index is 0.445. The average Bonchev–Trinajstić information content (AvgIpc) is 3.88. The monoisotopic (exact) mass is 836 g/mol. The fourth-order valence-electron chi connectivity index (χ4n) is 9.22. The number of methoxy groups -OCH3 is 2. The maximum absolute atomic E-state index is 6.79. The van der Waals surface area contributed by atoms with Crippen LogP contribution in [0.5, 0.6) is 11.5 Å². The molecule has 0 N–H and O–H groups in total. The van der Waals surface area contributed by atoms with Gasteiger partial charge in [-0.1, -0.05) is 76.2 Å². The van der Waals surface area contributed by atoms with E-state index in [9.17, 15) is 0 Å². The maximum Gasteiger partial charge on any atom is 0.178 e. The molecule has 6 heteroatoms. The Hall–Kier alpha value is -7.70. The van der Waals surface area contributed by atoms with Crippen LogP contribution in [0.15, 0.2) is 179 Å². The predicted octanol–water partition coefficient (Wildman–Crippen LogP) is 17.0. The van der Waals surface area contributed by atoms with Gasteiger partial charge in [0.2, 0.25) is 0 Å². The van der Waals surface area contributed by atoms with Gasteiger partial charge in [0.1, 0.15) is 22.7 Å². The number of nitrogens with zero attached hydrogens (tertiary/aromatic N) is 2. The zero-order chi connectivity index (χ0) is 43.6. The summed E-state index contributed by atoms with van der Waals surface area (Å²) in [4.78, 5) is 4.56. The first kappa shape index (κ1) is 39.2. The first-order valence-electron chi connectivity index (χ1n) is 22.0. The van der Waals surface area contributed by atoms with Gasteiger partial charge >= 0.3 is 0 Å². The third-order valence-electron chi connectivity index (χ3n) is 12.7. The Balaban J connectivity index is 1.01. The molecular formula is C58H48N2O4. The lowest BCUT2D eigenvalue weighted by Gasteiger charge is -2.26. The van der Waals surface area contributed by atoms with Gasteiger partial charge in [-0.2, -0.15) is 0 Å². The van der Waals surface area contributed by atoms with Crippen LogP contribution in [0.25, 0.3) is 65.4 Å². The smallest absolute Gasteiger partial charge is 0.178 e. The summed E-state index contributed by atoms with van der Waals surface area (Å²) in [5.41, 5.74) is 12.0. The van der Waals surface area contributed by atoms with Crippen molar-refractivity contribution in [1.29, 1.82) is 0 Å². The van der Waals surface area contributed by atoms with Crippen LogP contribution in [0.1, 0.15) is 50.7 Å². The van der Waals surface area contributed by atoms with Gasteiger partial charge in [0.15, 0.2) is 11.2 Å². The number of benzene rings is 9. The molecule has 6 nitrogen and oxygen atoms in total. The van der Waals surface area contributed by atoms with Crippen LogP contribution in [0.4, 0.5) is 34.1 Å². The van der Waals surface area contributed by atoms with E-state index in [2.05, 4.69) is 183 Å². The van der Waals surface area contributed by atoms with Gasteiger partial charge in [-0.15, -0.1) is 0 Å². The Morgan fingerprint density at radius 2 is 0.750 bits per heavy atom. The molecule has 314 valence electrons. The first-order valence-corrected chi connectivity index (χ1v) is 22.0. The minimum atomic E-state index is 0.445. The lowest BCUT2D eigenvalue weighted by atomic mass is 10.0. The van der Waals surface area contributed by atoms with Crippen LogP contribution in [0, 0.1) is 0 Å². The zero-order valence-corrected chi connectivity index (χ0v) is 36.8. The van der Waals surface area contributed by atoms with Gasteiger partial charge in [-0.05, 0) is 154 Å². The molecule has 0 aliphatic rings. The fraction of sp³-hybridized carbons (Fsp3) is 0.138. The predicted molar refractivity (Wildman–Crippen MR) is 267 cm³/mol. The Kier molecular flexibility index (Phi) is 9.54. The number of rotatable bonds is 10. The van der Waals surface area contributed by atoms with Crippen LogP contribution >= 0.6 is 0 Å². The van der Waals surface area contributed by atoms with Gasteiger partial charge in [-0.25, -0.2) is 0 Å². The second-order valence-corrected chi connectivity index (χ2v) is 17.3. The molecule has 0 aliphatic heterocycles. The molecule has 0 atom stereocenters. The summed E-state index contributed by atoms with van der Waals surface area (Å²) >= 11 is 0. The van der Waals surface area contributed by atoms with Crippen molar-refractivity contribution in [2.45, 2.75) is 39.5 Å². The number of fused-ring (bicyclic) bond motifs is 9. The number of anilines is 6. The number of hydrogen-bond donors (Lipinski definition) is 0. The lowest BCUT2D eigenvalue weighted by Crippen LogP contribution is -2.10. The SMILES string of the molecule is COc1cccc(N(c2ccc(C(C)C)cc2)c2ccc3cc4c(cc3c2)oc2c4ccc3c4cc5ccc(N(c6ccc(C(C)C)cc6)c6cccc(OC)c6)cc5cc4oc32)c1. The van der Waals surface area contributed by atoms with Gasteiger partial charge in [0.25, 0.3) is 0 Å². The fourth-order valence-corrected chi connectivity index (χ4v) is 9.22. The maximum atomic E-state index is 6.79. The highest BCUT2D eigenvalue weighted by molar-refractivity contribution is 6.21. The summed E-state index contributed by atoms with van der Waals surface area (Å²) in [5.74, 6) is 2.50. The quantitative estimate of drug-likeness (QED) is 0.137. The van der Waals surface area contributed by atoms with Crippen LogP contribution in [0.2, 0.25) is 0 Å². The van der Waals surface area contributed by atoms with Crippen molar-refractivity contribution in [3.8, 4) is 11.5 Å². The first-order chi connectivity index (χ1) is 31.2. The highest BCUT2D eigenvalue weighted by Gasteiger charge is 2.20. The van der Waals surface area contributed by atoms with Gasteiger partial charge in [-0.3, -0.25) is 0 Å². The summed E-state index contributed by atoms with van der Waals surface area (Å²) in [5, 5.41) is 8.59.